The molecule has 0 aliphatic carbocycles. The van der Waals surface area contributed by atoms with Crippen LogP contribution < -0.4 is 4.90 Å². The lowest BCUT2D eigenvalue weighted by Crippen LogP contribution is -2.17. The van der Waals surface area contributed by atoms with Crippen LogP contribution in [-0.2, 0) is 0 Å². The zero-order valence-electron chi connectivity index (χ0n) is 6.68. The molecule has 0 saturated heterocycles. The van der Waals surface area contributed by atoms with Crippen molar-refractivity contribution in [1.29, 1.82) is 0 Å². The fourth-order valence-electron chi connectivity index (χ4n) is 0.979. The Kier molecular flexibility index (Phi) is 3.30. The molecule has 62 valence electrons. The van der Waals surface area contributed by atoms with Gasteiger partial charge < -0.3 is 9.88 Å². The Balaban J connectivity index is 2.36. The quantitative estimate of drug-likeness (QED) is 0.690. The minimum atomic E-state index is 0.731. The Morgan fingerprint density at radius 3 is 3.00 bits per heavy atom. The average molecular weight is 173 g/mol. The van der Waals surface area contributed by atoms with E-state index in [-0.39, 0.29) is 0 Å². The molecule has 1 heterocycles. The summed E-state index contributed by atoms with van der Waals surface area (Å²) in [6.07, 6.45) is 4.93. The highest BCUT2D eigenvalue weighted by Gasteiger charge is 1.98. The maximum absolute atomic E-state index is 5.57. The van der Waals surface area contributed by atoms with Crippen LogP contribution in [0.3, 0.4) is 0 Å². The van der Waals surface area contributed by atoms with Crippen molar-refractivity contribution < 1.29 is 0 Å². The van der Waals surface area contributed by atoms with Gasteiger partial charge in [-0.05, 0) is 12.5 Å². The Morgan fingerprint density at radius 1 is 1.64 bits per heavy atom. The maximum atomic E-state index is 5.57. The molecule has 1 rings (SSSR count). The van der Waals surface area contributed by atoms with Crippen LogP contribution in [0.25, 0.3) is 0 Å². The van der Waals surface area contributed by atoms with Crippen LogP contribution in [0, 0.1) is 0 Å². The summed E-state index contributed by atoms with van der Waals surface area (Å²) < 4.78 is 0. The molecular formula is C8H13ClN2. The second-order valence-corrected chi connectivity index (χ2v) is 2.91. The van der Waals surface area contributed by atoms with Crippen LogP contribution in [0.4, 0.5) is 5.69 Å². The maximum Gasteiger partial charge on any atom is 0.0541 e. The van der Waals surface area contributed by atoms with Gasteiger partial charge in [-0.1, -0.05) is 0 Å². The van der Waals surface area contributed by atoms with E-state index in [1.165, 1.54) is 5.69 Å². The number of nitrogens with zero attached hydrogens (tertiary/aromatic N) is 1. The summed E-state index contributed by atoms with van der Waals surface area (Å²) in [6, 6.07) is 2.05. The number of aromatic amines is 1. The summed E-state index contributed by atoms with van der Waals surface area (Å²) in [5.41, 5.74) is 1.22. The van der Waals surface area contributed by atoms with Crippen LogP contribution in [-0.4, -0.2) is 24.5 Å². The van der Waals surface area contributed by atoms with Gasteiger partial charge in [-0.3, -0.25) is 0 Å². The fourth-order valence-corrected chi connectivity index (χ4v) is 1.10. The molecule has 1 N–H and O–H groups in total. The summed E-state index contributed by atoms with van der Waals surface area (Å²) >= 11 is 5.57. The van der Waals surface area contributed by atoms with Crippen molar-refractivity contribution in [3.8, 4) is 0 Å². The third-order valence-corrected chi connectivity index (χ3v) is 1.92. The highest BCUT2D eigenvalue weighted by atomic mass is 35.5. The Morgan fingerprint density at radius 2 is 2.45 bits per heavy atom. The molecule has 0 bridgehead atoms. The van der Waals surface area contributed by atoms with E-state index in [4.69, 9.17) is 11.6 Å². The molecule has 0 saturated carbocycles. The second kappa shape index (κ2) is 4.29. The van der Waals surface area contributed by atoms with Gasteiger partial charge in [-0.25, -0.2) is 0 Å². The first-order chi connectivity index (χ1) is 5.34. The van der Waals surface area contributed by atoms with Crippen LogP contribution in [0.5, 0.6) is 0 Å². The highest BCUT2D eigenvalue weighted by molar-refractivity contribution is 6.17. The Hall–Kier alpha value is -0.630. The Bertz CT molecular complexity index is 184. The van der Waals surface area contributed by atoms with Crippen molar-refractivity contribution in [1.82, 2.24) is 4.98 Å². The van der Waals surface area contributed by atoms with E-state index in [0.717, 1.165) is 18.8 Å². The number of rotatable bonds is 4. The lowest BCUT2D eigenvalue weighted by molar-refractivity contribution is 0.857. The molecule has 2 nitrogen and oxygen atoms in total. The normalized spacial score (nSPS) is 10.0. The highest BCUT2D eigenvalue weighted by Crippen LogP contribution is 2.09. The van der Waals surface area contributed by atoms with Gasteiger partial charge in [0.05, 0.1) is 5.69 Å². The van der Waals surface area contributed by atoms with E-state index in [9.17, 15) is 0 Å². The molecule has 11 heavy (non-hydrogen) atoms. The van der Waals surface area contributed by atoms with Gasteiger partial charge in [0.2, 0.25) is 0 Å². The van der Waals surface area contributed by atoms with E-state index in [1.807, 2.05) is 18.5 Å². The van der Waals surface area contributed by atoms with E-state index in [2.05, 4.69) is 16.9 Å². The number of nitrogens with one attached hydrogen (secondary N) is 1. The van der Waals surface area contributed by atoms with Gasteiger partial charge in [0.15, 0.2) is 0 Å². The zero-order chi connectivity index (χ0) is 8.10. The molecule has 0 aliphatic heterocycles. The van der Waals surface area contributed by atoms with Crippen molar-refractivity contribution in [2.24, 2.45) is 0 Å². The van der Waals surface area contributed by atoms with Gasteiger partial charge >= 0.3 is 0 Å². The smallest absolute Gasteiger partial charge is 0.0541 e. The summed E-state index contributed by atoms with van der Waals surface area (Å²) in [5.74, 6) is 0.731. The molecule has 3 heteroatoms. The number of alkyl halides is 1. The number of halogens is 1. The summed E-state index contributed by atoms with van der Waals surface area (Å²) in [6.45, 7) is 1.02. The van der Waals surface area contributed by atoms with Crippen molar-refractivity contribution in [2.75, 3.05) is 24.4 Å². The van der Waals surface area contributed by atoms with Crippen LogP contribution in [0.2, 0.25) is 0 Å². The molecule has 0 atom stereocenters. The summed E-state index contributed by atoms with van der Waals surface area (Å²) in [5, 5.41) is 0. The third-order valence-electron chi connectivity index (χ3n) is 1.65. The monoisotopic (exact) mass is 172 g/mol. The van der Waals surface area contributed by atoms with Crippen LogP contribution in [0.15, 0.2) is 18.5 Å². The number of aromatic nitrogens is 1. The SMILES string of the molecule is CN(CCCCl)c1cc[nH]c1. The predicted molar refractivity (Wildman–Crippen MR) is 49.4 cm³/mol. The van der Waals surface area contributed by atoms with E-state index in [0.29, 0.717) is 0 Å². The first-order valence-electron chi connectivity index (χ1n) is 3.74. The third kappa shape index (κ3) is 2.46. The zero-order valence-corrected chi connectivity index (χ0v) is 7.43. The molecule has 0 aliphatic rings. The molecule has 0 spiro atoms. The van der Waals surface area contributed by atoms with Crippen LogP contribution >= 0.6 is 11.6 Å². The second-order valence-electron chi connectivity index (χ2n) is 2.53. The minimum Gasteiger partial charge on any atom is -0.373 e. The van der Waals surface area contributed by atoms with E-state index in [1.54, 1.807) is 0 Å². The van der Waals surface area contributed by atoms with Crippen LogP contribution in [0.1, 0.15) is 6.42 Å². The number of H-pyrrole nitrogens is 1. The number of anilines is 1. The van der Waals surface area contributed by atoms with Gasteiger partial charge in [-0.15, -0.1) is 11.6 Å². The first-order valence-corrected chi connectivity index (χ1v) is 4.28. The molecule has 0 radical (unpaired) electrons. The predicted octanol–water partition coefficient (Wildman–Crippen LogP) is 2.08. The minimum absolute atomic E-state index is 0.731. The number of hydrogen-bond acceptors (Lipinski definition) is 1. The van der Waals surface area contributed by atoms with Crippen molar-refractivity contribution in [3.63, 3.8) is 0 Å². The average Bonchev–Trinajstić information content (AvgIpc) is 2.52. The molecule has 0 aromatic carbocycles. The molecular weight excluding hydrogens is 160 g/mol. The van der Waals surface area contributed by atoms with Crippen molar-refractivity contribution in [3.05, 3.63) is 18.5 Å². The summed E-state index contributed by atoms with van der Waals surface area (Å²) in [7, 11) is 2.07. The topological polar surface area (TPSA) is 19.0 Å². The van der Waals surface area contributed by atoms with E-state index < -0.39 is 0 Å². The molecule has 0 amide bonds. The Labute approximate surface area is 72.2 Å². The van der Waals surface area contributed by atoms with E-state index >= 15 is 0 Å². The molecule has 1 aromatic heterocycles. The molecule has 0 unspecified atom stereocenters. The largest absolute Gasteiger partial charge is 0.373 e. The fraction of sp³-hybridized carbons (Fsp3) is 0.500. The van der Waals surface area contributed by atoms with Crippen molar-refractivity contribution in [2.45, 2.75) is 6.42 Å². The van der Waals surface area contributed by atoms with Gasteiger partial charge in [-0.2, -0.15) is 0 Å². The van der Waals surface area contributed by atoms with Gasteiger partial charge in [0.25, 0.3) is 0 Å². The van der Waals surface area contributed by atoms with Gasteiger partial charge in [0, 0.05) is 31.9 Å². The lowest BCUT2D eigenvalue weighted by atomic mass is 10.4. The molecule has 1 aromatic rings. The standard InChI is InChI=1S/C8H13ClN2/c1-11(6-2-4-9)8-3-5-10-7-8/h3,5,7,10H,2,4,6H2,1H3. The lowest BCUT2D eigenvalue weighted by Gasteiger charge is -2.15. The van der Waals surface area contributed by atoms with Gasteiger partial charge in [0.1, 0.15) is 0 Å². The molecule has 0 fully saturated rings. The summed E-state index contributed by atoms with van der Waals surface area (Å²) in [4.78, 5) is 5.19. The first kappa shape index (κ1) is 8.47. The van der Waals surface area contributed by atoms with Crippen molar-refractivity contribution >= 4 is 17.3 Å². The number of hydrogen-bond donors (Lipinski definition) is 1.